The number of hydrogen-bond donors (Lipinski definition) is 0. The highest BCUT2D eigenvalue weighted by Crippen LogP contribution is 2.26. The number of rotatable bonds is 5. The lowest BCUT2D eigenvalue weighted by molar-refractivity contribution is 0.0600. The Bertz CT molecular complexity index is 901. The van der Waals surface area contributed by atoms with E-state index in [2.05, 4.69) is 4.74 Å². The predicted molar refractivity (Wildman–Crippen MR) is 95.7 cm³/mol. The van der Waals surface area contributed by atoms with E-state index in [9.17, 15) is 9.59 Å². The van der Waals surface area contributed by atoms with Crippen LogP contribution < -0.4 is 9.47 Å². The van der Waals surface area contributed by atoms with Gasteiger partial charge in [0, 0.05) is 0 Å². The summed E-state index contributed by atoms with van der Waals surface area (Å²) in [5, 5.41) is 0. The molecule has 0 saturated heterocycles. The molecular formula is C21H16O5. The summed E-state index contributed by atoms with van der Waals surface area (Å²) in [6.07, 6.45) is 0. The van der Waals surface area contributed by atoms with Crippen LogP contribution in [0.2, 0.25) is 0 Å². The lowest BCUT2D eigenvalue weighted by Crippen LogP contribution is -2.10. The van der Waals surface area contributed by atoms with E-state index >= 15 is 0 Å². The van der Waals surface area contributed by atoms with Crippen molar-refractivity contribution < 1.29 is 23.8 Å². The third-order valence-corrected chi connectivity index (χ3v) is 3.56. The van der Waals surface area contributed by atoms with Crippen molar-refractivity contribution in [3.05, 3.63) is 90.0 Å². The molecule has 0 saturated carbocycles. The van der Waals surface area contributed by atoms with Crippen molar-refractivity contribution >= 4 is 11.9 Å². The van der Waals surface area contributed by atoms with Gasteiger partial charge >= 0.3 is 11.9 Å². The fraction of sp³-hybridized carbons (Fsp3) is 0.0476. The second kappa shape index (κ2) is 7.98. The van der Waals surface area contributed by atoms with Crippen molar-refractivity contribution in [2.24, 2.45) is 0 Å². The first-order valence-corrected chi connectivity index (χ1v) is 7.90. The van der Waals surface area contributed by atoms with Crippen LogP contribution >= 0.6 is 0 Å². The Labute approximate surface area is 150 Å². The van der Waals surface area contributed by atoms with Gasteiger partial charge in [0.2, 0.25) is 0 Å². The van der Waals surface area contributed by atoms with E-state index in [1.54, 1.807) is 36.4 Å². The van der Waals surface area contributed by atoms with Gasteiger partial charge in [-0.2, -0.15) is 0 Å². The van der Waals surface area contributed by atoms with Crippen LogP contribution in [-0.2, 0) is 4.74 Å². The highest BCUT2D eigenvalue weighted by atomic mass is 16.5. The summed E-state index contributed by atoms with van der Waals surface area (Å²) in [5.74, 6) is 0.328. The molecule has 3 aromatic rings. The molecule has 0 aliphatic heterocycles. The van der Waals surface area contributed by atoms with E-state index in [-0.39, 0.29) is 0 Å². The second-order valence-corrected chi connectivity index (χ2v) is 5.32. The predicted octanol–water partition coefficient (Wildman–Crippen LogP) is 4.48. The van der Waals surface area contributed by atoms with Gasteiger partial charge in [-0.05, 0) is 48.5 Å². The van der Waals surface area contributed by atoms with Crippen LogP contribution in [0.25, 0.3) is 0 Å². The standard InChI is InChI=1S/C21H16O5/c1-24-20(22)15-11-13-17(14-12-15)26-21(23)18-9-5-6-10-19(18)25-16-7-3-2-4-8-16/h2-14H,1H3. The Morgan fingerprint density at radius 3 is 2.04 bits per heavy atom. The Morgan fingerprint density at radius 1 is 0.692 bits per heavy atom. The first-order chi connectivity index (χ1) is 12.7. The minimum Gasteiger partial charge on any atom is -0.465 e. The van der Waals surface area contributed by atoms with Crippen LogP contribution in [0.15, 0.2) is 78.9 Å². The van der Waals surface area contributed by atoms with E-state index in [4.69, 9.17) is 9.47 Å². The maximum atomic E-state index is 12.5. The molecule has 3 aromatic carbocycles. The Kier molecular flexibility index (Phi) is 5.29. The largest absolute Gasteiger partial charge is 0.465 e. The topological polar surface area (TPSA) is 61.8 Å². The Hall–Kier alpha value is -3.60. The molecule has 0 spiro atoms. The van der Waals surface area contributed by atoms with Gasteiger partial charge < -0.3 is 14.2 Å². The van der Waals surface area contributed by atoms with E-state index in [1.165, 1.54) is 31.4 Å². The summed E-state index contributed by atoms with van der Waals surface area (Å²) in [6.45, 7) is 0. The molecule has 0 atom stereocenters. The van der Waals surface area contributed by atoms with Gasteiger partial charge in [0.15, 0.2) is 0 Å². The average molecular weight is 348 g/mol. The summed E-state index contributed by atoms with van der Waals surface area (Å²) in [7, 11) is 1.31. The maximum Gasteiger partial charge on any atom is 0.347 e. The molecule has 0 aromatic heterocycles. The smallest absolute Gasteiger partial charge is 0.347 e. The minimum absolute atomic E-state index is 0.299. The summed E-state index contributed by atoms with van der Waals surface area (Å²) in [4.78, 5) is 23.9. The number of carbonyl (C=O) groups excluding carboxylic acids is 2. The van der Waals surface area contributed by atoms with Gasteiger partial charge in [-0.15, -0.1) is 0 Å². The zero-order valence-corrected chi connectivity index (χ0v) is 14.0. The Morgan fingerprint density at radius 2 is 1.35 bits per heavy atom. The average Bonchev–Trinajstić information content (AvgIpc) is 2.69. The number of hydrogen-bond acceptors (Lipinski definition) is 5. The van der Waals surface area contributed by atoms with E-state index < -0.39 is 11.9 Å². The fourth-order valence-corrected chi connectivity index (χ4v) is 2.28. The van der Waals surface area contributed by atoms with Crippen LogP contribution in [0.4, 0.5) is 0 Å². The highest BCUT2D eigenvalue weighted by Gasteiger charge is 2.15. The fourth-order valence-electron chi connectivity index (χ4n) is 2.28. The molecule has 3 rings (SSSR count). The summed E-state index contributed by atoms with van der Waals surface area (Å²) in [6, 6.07) is 22.1. The molecule has 0 aliphatic carbocycles. The molecule has 0 amide bonds. The molecule has 0 bridgehead atoms. The van der Waals surface area contributed by atoms with Gasteiger partial charge in [0.1, 0.15) is 22.8 Å². The van der Waals surface area contributed by atoms with Crippen molar-refractivity contribution in [2.75, 3.05) is 7.11 Å². The molecule has 26 heavy (non-hydrogen) atoms. The zero-order valence-electron chi connectivity index (χ0n) is 14.0. The number of methoxy groups -OCH3 is 1. The van der Waals surface area contributed by atoms with E-state index in [0.717, 1.165) is 0 Å². The molecule has 0 radical (unpaired) electrons. The highest BCUT2D eigenvalue weighted by molar-refractivity contribution is 5.94. The molecule has 5 nitrogen and oxygen atoms in total. The monoisotopic (exact) mass is 348 g/mol. The van der Waals surface area contributed by atoms with Gasteiger partial charge in [-0.3, -0.25) is 0 Å². The van der Waals surface area contributed by atoms with Crippen LogP contribution in [0.3, 0.4) is 0 Å². The third kappa shape index (κ3) is 4.08. The molecule has 130 valence electrons. The van der Waals surface area contributed by atoms with Crippen molar-refractivity contribution in [2.45, 2.75) is 0 Å². The third-order valence-electron chi connectivity index (χ3n) is 3.56. The first kappa shape index (κ1) is 17.2. The molecule has 5 heteroatoms. The van der Waals surface area contributed by atoms with Crippen molar-refractivity contribution in [3.63, 3.8) is 0 Å². The van der Waals surface area contributed by atoms with Crippen LogP contribution in [0.1, 0.15) is 20.7 Å². The van der Waals surface area contributed by atoms with Crippen molar-refractivity contribution in [1.29, 1.82) is 0 Å². The number of para-hydroxylation sites is 2. The molecule has 0 unspecified atom stereocenters. The molecule has 0 aliphatic rings. The summed E-state index contributed by atoms with van der Waals surface area (Å²) >= 11 is 0. The Balaban J connectivity index is 1.77. The number of ether oxygens (including phenoxy) is 3. The summed E-state index contributed by atoms with van der Waals surface area (Å²) < 4.78 is 15.8. The van der Waals surface area contributed by atoms with Crippen LogP contribution in [0.5, 0.6) is 17.2 Å². The van der Waals surface area contributed by atoms with Gasteiger partial charge in [-0.1, -0.05) is 30.3 Å². The van der Waals surface area contributed by atoms with Crippen LogP contribution in [0, 0.1) is 0 Å². The summed E-state index contributed by atoms with van der Waals surface area (Å²) in [5.41, 5.74) is 0.675. The molecule has 0 fully saturated rings. The maximum absolute atomic E-state index is 12.5. The molecule has 0 N–H and O–H groups in total. The number of esters is 2. The SMILES string of the molecule is COC(=O)c1ccc(OC(=O)c2ccccc2Oc2ccccc2)cc1. The molecular weight excluding hydrogens is 332 g/mol. The van der Waals surface area contributed by atoms with Crippen molar-refractivity contribution in [3.8, 4) is 17.2 Å². The lowest BCUT2D eigenvalue weighted by atomic mass is 10.2. The zero-order chi connectivity index (χ0) is 18.4. The molecule has 0 heterocycles. The van der Waals surface area contributed by atoms with E-state index in [0.29, 0.717) is 28.4 Å². The van der Waals surface area contributed by atoms with Crippen LogP contribution in [-0.4, -0.2) is 19.0 Å². The van der Waals surface area contributed by atoms with E-state index in [1.807, 2.05) is 18.2 Å². The lowest BCUT2D eigenvalue weighted by Gasteiger charge is -2.11. The van der Waals surface area contributed by atoms with Gasteiger partial charge in [-0.25, -0.2) is 9.59 Å². The minimum atomic E-state index is -0.553. The number of carbonyl (C=O) groups is 2. The second-order valence-electron chi connectivity index (χ2n) is 5.32. The quantitative estimate of drug-likeness (QED) is 0.502. The number of benzene rings is 3. The normalized spacial score (nSPS) is 10.0. The van der Waals surface area contributed by atoms with Crippen molar-refractivity contribution in [1.82, 2.24) is 0 Å². The first-order valence-electron chi connectivity index (χ1n) is 7.90. The van der Waals surface area contributed by atoms with Gasteiger partial charge in [0.05, 0.1) is 12.7 Å². The van der Waals surface area contributed by atoms with Gasteiger partial charge in [0.25, 0.3) is 0 Å².